The molecule has 2 heterocycles. The van der Waals surface area contributed by atoms with Crippen molar-refractivity contribution in [2.45, 2.75) is 6.42 Å². The molecule has 7 nitrogen and oxygen atoms in total. The SMILES string of the molecule is O=C(CCN1CCN(c2cccc(Cl)c2)CC1)ON1C(=O)c2ccccc2C1=O. The van der Waals surface area contributed by atoms with Crippen LogP contribution in [0.5, 0.6) is 0 Å². The summed E-state index contributed by atoms with van der Waals surface area (Å²) in [5.74, 6) is -1.81. The van der Waals surface area contributed by atoms with Gasteiger partial charge < -0.3 is 9.74 Å². The van der Waals surface area contributed by atoms with Crippen molar-refractivity contribution in [1.82, 2.24) is 9.96 Å². The lowest BCUT2D eigenvalue weighted by Gasteiger charge is -2.36. The number of nitrogens with zero attached hydrogens (tertiary/aromatic N) is 3. The number of benzene rings is 2. The average Bonchev–Trinajstić information content (AvgIpc) is 2.98. The lowest BCUT2D eigenvalue weighted by atomic mass is 10.1. The molecule has 0 aromatic heterocycles. The van der Waals surface area contributed by atoms with E-state index in [9.17, 15) is 14.4 Å². The van der Waals surface area contributed by atoms with Gasteiger partial charge in [0.2, 0.25) is 0 Å². The fraction of sp³-hybridized carbons (Fsp3) is 0.286. The van der Waals surface area contributed by atoms with Crippen molar-refractivity contribution in [2.75, 3.05) is 37.6 Å². The van der Waals surface area contributed by atoms with Crippen molar-refractivity contribution in [1.29, 1.82) is 0 Å². The average molecular weight is 414 g/mol. The van der Waals surface area contributed by atoms with Crippen molar-refractivity contribution >= 4 is 35.1 Å². The molecule has 0 spiro atoms. The highest BCUT2D eigenvalue weighted by molar-refractivity contribution is 6.30. The smallest absolute Gasteiger partial charge is 0.334 e. The van der Waals surface area contributed by atoms with Crippen molar-refractivity contribution in [3.63, 3.8) is 0 Å². The van der Waals surface area contributed by atoms with Crippen molar-refractivity contribution in [2.24, 2.45) is 0 Å². The topological polar surface area (TPSA) is 70.2 Å². The maximum atomic E-state index is 12.2. The molecule has 8 heteroatoms. The van der Waals surface area contributed by atoms with Gasteiger partial charge in [-0.25, -0.2) is 4.79 Å². The standard InChI is InChI=1S/C21H20ClN3O4/c22-15-4-3-5-16(14-15)24-12-10-23(11-13-24)9-8-19(26)29-25-20(27)17-6-1-2-7-18(17)21(25)28/h1-7,14H,8-13H2. The highest BCUT2D eigenvalue weighted by Crippen LogP contribution is 2.23. The third kappa shape index (κ3) is 4.11. The molecule has 0 saturated carbocycles. The minimum absolute atomic E-state index is 0.102. The lowest BCUT2D eigenvalue weighted by molar-refractivity contribution is -0.168. The number of amides is 2. The Labute approximate surface area is 173 Å². The summed E-state index contributed by atoms with van der Waals surface area (Å²) in [5, 5.41) is 1.27. The summed E-state index contributed by atoms with van der Waals surface area (Å²) >= 11 is 6.06. The van der Waals surface area contributed by atoms with Crippen molar-refractivity contribution < 1.29 is 19.2 Å². The van der Waals surface area contributed by atoms with E-state index in [1.807, 2.05) is 24.3 Å². The Morgan fingerprint density at radius 1 is 0.931 bits per heavy atom. The minimum atomic E-state index is -0.603. The van der Waals surface area contributed by atoms with Gasteiger partial charge in [0.25, 0.3) is 11.8 Å². The second kappa shape index (κ2) is 8.23. The number of anilines is 1. The minimum Gasteiger partial charge on any atom is -0.369 e. The highest BCUT2D eigenvalue weighted by atomic mass is 35.5. The molecule has 29 heavy (non-hydrogen) atoms. The first-order chi connectivity index (χ1) is 14.0. The van der Waals surface area contributed by atoms with E-state index in [1.54, 1.807) is 24.3 Å². The summed E-state index contributed by atoms with van der Waals surface area (Å²) in [6.45, 7) is 3.76. The number of carbonyl (C=O) groups excluding carboxylic acids is 3. The summed E-state index contributed by atoms with van der Waals surface area (Å²) in [6.07, 6.45) is 0.102. The molecule has 0 bridgehead atoms. The molecule has 0 atom stereocenters. The van der Waals surface area contributed by atoms with Crippen LogP contribution >= 0.6 is 11.6 Å². The van der Waals surface area contributed by atoms with Gasteiger partial charge in [-0.1, -0.05) is 34.9 Å². The predicted molar refractivity (Wildman–Crippen MR) is 108 cm³/mol. The van der Waals surface area contributed by atoms with Gasteiger partial charge in [0, 0.05) is 43.4 Å². The van der Waals surface area contributed by atoms with E-state index < -0.39 is 17.8 Å². The predicted octanol–water partition coefficient (Wildman–Crippen LogP) is 2.61. The maximum absolute atomic E-state index is 12.2. The number of carbonyl (C=O) groups is 3. The summed E-state index contributed by atoms with van der Waals surface area (Å²) in [6, 6.07) is 14.2. The number of hydrogen-bond acceptors (Lipinski definition) is 6. The first-order valence-corrected chi connectivity index (χ1v) is 9.82. The Kier molecular flexibility index (Phi) is 5.51. The van der Waals surface area contributed by atoms with Crippen LogP contribution in [0.3, 0.4) is 0 Å². The van der Waals surface area contributed by atoms with Crippen LogP contribution in [0.1, 0.15) is 27.1 Å². The lowest BCUT2D eigenvalue weighted by Crippen LogP contribution is -2.47. The van der Waals surface area contributed by atoms with E-state index in [-0.39, 0.29) is 17.5 Å². The molecule has 2 amide bonds. The molecule has 150 valence electrons. The van der Waals surface area contributed by atoms with Gasteiger partial charge in [-0.2, -0.15) is 0 Å². The van der Waals surface area contributed by atoms with E-state index in [1.165, 1.54) is 0 Å². The molecule has 4 rings (SSSR count). The van der Waals surface area contributed by atoms with Crippen LogP contribution in [0.15, 0.2) is 48.5 Å². The number of fused-ring (bicyclic) bond motifs is 1. The Hall–Kier alpha value is -2.90. The first-order valence-electron chi connectivity index (χ1n) is 9.44. The zero-order valence-electron chi connectivity index (χ0n) is 15.7. The summed E-state index contributed by atoms with van der Waals surface area (Å²) < 4.78 is 0. The molecule has 0 radical (unpaired) electrons. The van der Waals surface area contributed by atoms with Crippen LogP contribution in [-0.2, 0) is 9.63 Å². The number of halogens is 1. The van der Waals surface area contributed by atoms with Crippen LogP contribution in [0.25, 0.3) is 0 Å². The molecule has 2 aromatic rings. The molecule has 1 fully saturated rings. The number of piperazine rings is 1. The second-order valence-electron chi connectivity index (χ2n) is 6.97. The van der Waals surface area contributed by atoms with E-state index in [2.05, 4.69) is 9.80 Å². The molecule has 0 unspecified atom stereocenters. The highest BCUT2D eigenvalue weighted by Gasteiger charge is 2.38. The number of hydrogen-bond donors (Lipinski definition) is 0. The van der Waals surface area contributed by atoms with Gasteiger partial charge in [-0.15, -0.1) is 0 Å². The van der Waals surface area contributed by atoms with Crippen LogP contribution in [0.2, 0.25) is 5.02 Å². The van der Waals surface area contributed by atoms with Gasteiger partial charge >= 0.3 is 5.97 Å². The normalized spacial score (nSPS) is 16.9. The van der Waals surface area contributed by atoms with Crippen LogP contribution < -0.4 is 4.90 Å². The Morgan fingerprint density at radius 3 is 2.21 bits per heavy atom. The van der Waals surface area contributed by atoms with E-state index in [4.69, 9.17) is 16.4 Å². The molecule has 2 aromatic carbocycles. The molecular weight excluding hydrogens is 394 g/mol. The summed E-state index contributed by atoms with van der Waals surface area (Å²) in [5.41, 5.74) is 1.59. The van der Waals surface area contributed by atoms with Gasteiger partial charge in [0.15, 0.2) is 0 Å². The van der Waals surface area contributed by atoms with E-state index in [0.717, 1.165) is 31.9 Å². The van der Waals surface area contributed by atoms with Gasteiger partial charge in [0.05, 0.1) is 17.5 Å². The Balaban J connectivity index is 1.25. The van der Waals surface area contributed by atoms with Gasteiger partial charge in [0.1, 0.15) is 0 Å². The Bertz CT molecular complexity index is 921. The molecule has 0 N–H and O–H groups in total. The second-order valence-corrected chi connectivity index (χ2v) is 7.41. The molecule has 1 saturated heterocycles. The fourth-order valence-corrected chi connectivity index (χ4v) is 3.73. The quantitative estimate of drug-likeness (QED) is 0.702. The molecule has 2 aliphatic rings. The third-order valence-corrected chi connectivity index (χ3v) is 5.36. The maximum Gasteiger partial charge on any atom is 0.334 e. The largest absolute Gasteiger partial charge is 0.369 e. The van der Waals surface area contributed by atoms with Crippen LogP contribution in [0.4, 0.5) is 5.69 Å². The zero-order chi connectivity index (χ0) is 20.4. The Morgan fingerprint density at radius 2 is 1.59 bits per heavy atom. The van der Waals surface area contributed by atoms with Crippen molar-refractivity contribution in [3.05, 3.63) is 64.7 Å². The number of imide groups is 1. The first kappa shape index (κ1) is 19.4. The van der Waals surface area contributed by atoms with Crippen LogP contribution in [-0.4, -0.2) is 60.5 Å². The summed E-state index contributed by atoms with van der Waals surface area (Å²) in [7, 11) is 0. The van der Waals surface area contributed by atoms with Gasteiger partial charge in [-0.05, 0) is 30.3 Å². The number of rotatable bonds is 5. The molecule has 2 aliphatic heterocycles. The number of hydroxylamine groups is 2. The molecule has 0 aliphatic carbocycles. The van der Waals surface area contributed by atoms with E-state index >= 15 is 0 Å². The summed E-state index contributed by atoms with van der Waals surface area (Å²) in [4.78, 5) is 46.1. The van der Waals surface area contributed by atoms with Crippen molar-refractivity contribution in [3.8, 4) is 0 Å². The van der Waals surface area contributed by atoms with Crippen LogP contribution in [0, 0.1) is 0 Å². The van der Waals surface area contributed by atoms with E-state index in [0.29, 0.717) is 16.6 Å². The third-order valence-electron chi connectivity index (χ3n) is 5.13. The fourth-order valence-electron chi connectivity index (χ4n) is 3.55. The zero-order valence-corrected chi connectivity index (χ0v) is 16.5. The molecular formula is C21H20ClN3O4. The monoisotopic (exact) mass is 413 g/mol. The van der Waals surface area contributed by atoms with Gasteiger partial charge in [-0.3, -0.25) is 14.5 Å².